The van der Waals surface area contributed by atoms with Crippen LogP contribution in [-0.4, -0.2) is 71.6 Å². The van der Waals surface area contributed by atoms with Crippen molar-refractivity contribution in [2.24, 2.45) is 11.3 Å². The molecule has 0 fully saturated rings. The molecule has 0 aromatic carbocycles. The van der Waals surface area contributed by atoms with Gasteiger partial charge < -0.3 is 10.2 Å². The largest absolute Gasteiger partial charge is 0.347 e. The molecule has 0 saturated carbocycles. The number of nitrogens with one attached hydrogen (secondary N) is 1. The van der Waals surface area contributed by atoms with Crippen molar-refractivity contribution in [2.75, 3.05) is 32.1 Å². The number of hydroxylamine groups is 2. The van der Waals surface area contributed by atoms with Gasteiger partial charge in [-0.05, 0) is 11.2 Å². The van der Waals surface area contributed by atoms with Gasteiger partial charge in [-0.1, -0.05) is 27.7 Å². The van der Waals surface area contributed by atoms with E-state index in [0.717, 1.165) is 5.75 Å². The second kappa shape index (κ2) is 9.77. The van der Waals surface area contributed by atoms with Crippen LogP contribution < -0.4 is 5.32 Å². The molecule has 2 N–H and O–H groups in total. The molecule has 0 heterocycles. The Morgan fingerprint density at radius 1 is 1.30 bits per heavy atom. The van der Waals surface area contributed by atoms with E-state index in [-0.39, 0.29) is 24.8 Å². The molecule has 0 unspecified atom stereocenters. The SMILES string of the molecule is CCSC[C@@H](CN(O)C=O)C(=O)N[C@H](C(=O)N(C)C)C(C)(C)C. The zero-order chi connectivity index (χ0) is 18.2. The standard InChI is InChI=1S/C15H29N3O4S/c1-7-23-9-11(8-18(22)10-19)13(20)16-12(15(2,3)4)14(21)17(5)6/h10-12,22H,7-9H2,1-6H3,(H,16,20)/t11-,12-/m1/s1. The van der Waals surface area contributed by atoms with Gasteiger partial charge in [0.1, 0.15) is 6.04 Å². The molecule has 0 aliphatic carbocycles. The quantitative estimate of drug-likeness (QED) is 0.366. The van der Waals surface area contributed by atoms with Gasteiger partial charge in [0, 0.05) is 19.8 Å². The fraction of sp³-hybridized carbons (Fsp3) is 0.800. The van der Waals surface area contributed by atoms with Gasteiger partial charge in [0.15, 0.2) is 0 Å². The lowest BCUT2D eigenvalue weighted by Gasteiger charge is -2.33. The summed E-state index contributed by atoms with van der Waals surface area (Å²) in [6.45, 7) is 7.48. The first kappa shape index (κ1) is 21.7. The average Bonchev–Trinajstić information content (AvgIpc) is 2.46. The third-order valence-corrected chi connectivity index (χ3v) is 4.31. The topological polar surface area (TPSA) is 90.0 Å². The van der Waals surface area contributed by atoms with Crippen molar-refractivity contribution < 1.29 is 19.6 Å². The van der Waals surface area contributed by atoms with E-state index >= 15 is 0 Å². The van der Waals surface area contributed by atoms with Crippen LogP contribution in [0.3, 0.4) is 0 Å². The molecular weight excluding hydrogens is 318 g/mol. The van der Waals surface area contributed by atoms with Gasteiger partial charge in [0.25, 0.3) is 0 Å². The highest BCUT2D eigenvalue weighted by atomic mass is 32.2. The predicted molar refractivity (Wildman–Crippen MR) is 91.1 cm³/mol. The highest BCUT2D eigenvalue weighted by molar-refractivity contribution is 7.99. The van der Waals surface area contributed by atoms with Gasteiger partial charge in [-0.3, -0.25) is 19.6 Å². The van der Waals surface area contributed by atoms with Crippen LogP contribution in [0.1, 0.15) is 27.7 Å². The van der Waals surface area contributed by atoms with Crippen LogP contribution in [-0.2, 0) is 14.4 Å². The lowest BCUT2D eigenvalue weighted by Crippen LogP contribution is -2.55. The van der Waals surface area contributed by atoms with Gasteiger partial charge in [-0.2, -0.15) is 11.8 Å². The Kier molecular flexibility index (Phi) is 9.23. The minimum Gasteiger partial charge on any atom is -0.347 e. The minimum absolute atomic E-state index is 0.102. The Balaban J connectivity index is 5.15. The Morgan fingerprint density at radius 3 is 2.26 bits per heavy atom. The molecule has 2 atom stereocenters. The molecular formula is C15H29N3O4S. The van der Waals surface area contributed by atoms with Gasteiger partial charge in [0.2, 0.25) is 18.2 Å². The van der Waals surface area contributed by atoms with Crippen molar-refractivity contribution in [3.05, 3.63) is 0 Å². The number of hydrogen-bond acceptors (Lipinski definition) is 5. The van der Waals surface area contributed by atoms with Gasteiger partial charge in [-0.25, -0.2) is 5.06 Å². The first-order chi connectivity index (χ1) is 10.5. The molecule has 134 valence electrons. The molecule has 0 rings (SSSR count). The Labute approximate surface area is 142 Å². The molecule has 0 bridgehead atoms. The predicted octanol–water partition coefficient (Wildman–Crippen LogP) is 0.822. The number of amides is 3. The second-order valence-electron chi connectivity index (χ2n) is 6.62. The first-order valence-electron chi connectivity index (χ1n) is 7.54. The van der Waals surface area contributed by atoms with Crippen molar-refractivity contribution in [1.29, 1.82) is 0 Å². The third-order valence-electron chi connectivity index (χ3n) is 3.26. The van der Waals surface area contributed by atoms with Gasteiger partial charge >= 0.3 is 0 Å². The van der Waals surface area contributed by atoms with Crippen LogP contribution in [0.25, 0.3) is 0 Å². The summed E-state index contributed by atoms with van der Waals surface area (Å²) in [5.74, 6) is 0.150. The van der Waals surface area contributed by atoms with E-state index in [1.165, 1.54) is 16.7 Å². The number of carbonyl (C=O) groups is 3. The lowest BCUT2D eigenvalue weighted by atomic mass is 9.85. The van der Waals surface area contributed by atoms with E-state index in [9.17, 15) is 19.6 Å². The molecule has 0 spiro atoms. The molecule has 0 radical (unpaired) electrons. The summed E-state index contributed by atoms with van der Waals surface area (Å²) in [4.78, 5) is 36.9. The lowest BCUT2D eigenvalue weighted by molar-refractivity contribution is -0.154. The van der Waals surface area contributed by atoms with Crippen LogP contribution in [0.4, 0.5) is 0 Å². The van der Waals surface area contributed by atoms with Crippen molar-refractivity contribution in [3.63, 3.8) is 0 Å². The normalized spacial score (nSPS) is 13.9. The second-order valence-corrected chi connectivity index (χ2v) is 7.94. The number of likely N-dealkylation sites (N-methyl/N-ethyl adjacent to an activating group) is 1. The molecule has 3 amide bonds. The summed E-state index contributed by atoms with van der Waals surface area (Å²) in [6, 6.07) is -0.678. The van der Waals surface area contributed by atoms with Crippen molar-refractivity contribution >= 4 is 30.0 Å². The molecule has 0 aromatic rings. The Morgan fingerprint density at radius 2 is 1.87 bits per heavy atom. The molecule has 0 aliphatic rings. The van der Waals surface area contributed by atoms with Crippen LogP contribution in [0.15, 0.2) is 0 Å². The summed E-state index contributed by atoms with van der Waals surface area (Å²) in [7, 11) is 3.28. The van der Waals surface area contributed by atoms with Crippen LogP contribution >= 0.6 is 11.8 Å². The minimum atomic E-state index is -0.678. The number of nitrogens with zero attached hydrogens (tertiary/aromatic N) is 2. The monoisotopic (exact) mass is 347 g/mol. The summed E-state index contributed by atoms with van der Waals surface area (Å²) in [5.41, 5.74) is -0.455. The number of rotatable bonds is 9. The first-order valence-corrected chi connectivity index (χ1v) is 8.70. The number of carbonyl (C=O) groups excluding carboxylic acids is 3. The van der Waals surface area contributed by atoms with E-state index in [0.29, 0.717) is 10.8 Å². The molecule has 0 saturated heterocycles. The van der Waals surface area contributed by atoms with Gasteiger partial charge in [-0.15, -0.1) is 0 Å². The molecule has 0 aliphatic heterocycles. The molecule has 7 nitrogen and oxygen atoms in total. The molecule has 23 heavy (non-hydrogen) atoms. The number of thioether (sulfide) groups is 1. The summed E-state index contributed by atoms with van der Waals surface area (Å²) in [6.07, 6.45) is 0.267. The average molecular weight is 347 g/mol. The van der Waals surface area contributed by atoms with E-state index in [2.05, 4.69) is 5.32 Å². The van der Waals surface area contributed by atoms with E-state index in [1.54, 1.807) is 14.1 Å². The van der Waals surface area contributed by atoms with Crippen molar-refractivity contribution in [1.82, 2.24) is 15.3 Å². The maximum absolute atomic E-state index is 12.5. The maximum atomic E-state index is 12.5. The Bertz CT molecular complexity index is 410. The zero-order valence-corrected chi connectivity index (χ0v) is 15.6. The van der Waals surface area contributed by atoms with E-state index in [4.69, 9.17) is 0 Å². The summed E-state index contributed by atoms with van der Waals surface area (Å²) in [5, 5.41) is 12.6. The highest BCUT2D eigenvalue weighted by Crippen LogP contribution is 2.21. The summed E-state index contributed by atoms with van der Waals surface area (Å²) < 4.78 is 0. The molecule has 0 aromatic heterocycles. The van der Waals surface area contributed by atoms with E-state index in [1.807, 2.05) is 27.7 Å². The smallest absolute Gasteiger partial charge is 0.245 e. The third kappa shape index (κ3) is 7.69. The van der Waals surface area contributed by atoms with Crippen molar-refractivity contribution in [2.45, 2.75) is 33.7 Å². The summed E-state index contributed by atoms with van der Waals surface area (Å²) >= 11 is 1.54. The van der Waals surface area contributed by atoms with E-state index < -0.39 is 17.4 Å². The fourth-order valence-electron chi connectivity index (χ4n) is 1.91. The molecule has 8 heteroatoms. The van der Waals surface area contributed by atoms with Crippen LogP contribution in [0.5, 0.6) is 0 Å². The Hall–Kier alpha value is -1.28. The van der Waals surface area contributed by atoms with Gasteiger partial charge in [0.05, 0.1) is 12.5 Å². The van der Waals surface area contributed by atoms with Crippen LogP contribution in [0.2, 0.25) is 0 Å². The maximum Gasteiger partial charge on any atom is 0.245 e. The highest BCUT2D eigenvalue weighted by Gasteiger charge is 2.35. The van der Waals surface area contributed by atoms with Crippen LogP contribution in [0, 0.1) is 11.3 Å². The number of hydrogen-bond donors (Lipinski definition) is 2. The van der Waals surface area contributed by atoms with Crippen molar-refractivity contribution in [3.8, 4) is 0 Å². The fourth-order valence-corrected chi connectivity index (χ4v) is 2.68. The zero-order valence-electron chi connectivity index (χ0n) is 14.8.